The lowest BCUT2D eigenvalue weighted by atomic mass is 9.89. The van der Waals surface area contributed by atoms with Crippen LogP contribution in [0, 0.1) is 18.8 Å². The van der Waals surface area contributed by atoms with Gasteiger partial charge in [-0.15, -0.1) is 0 Å². The molecule has 0 radical (unpaired) electrons. The Balaban J connectivity index is 0.000000913. The minimum atomic E-state index is -0.250. The van der Waals surface area contributed by atoms with E-state index in [1.807, 2.05) is 53.1 Å². The van der Waals surface area contributed by atoms with Crippen molar-refractivity contribution in [1.82, 2.24) is 9.80 Å². The van der Waals surface area contributed by atoms with Gasteiger partial charge in [0.1, 0.15) is 5.75 Å². The molecule has 7 nitrogen and oxygen atoms in total. The number of carbonyl (C=O) groups excluding carboxylic acids is 2. The summed E-state index contributed by atoms with van der Waals surface area (Å²) in [6, 6.07) is 13.4. The number of carboxylic acid groups (broad SMARTS) is 1. The maximum absolute atomic E-state index is 13.2. The number of likely N-dealkylation sites (tertiary alicyclic amines) is 2. The van der Waals surface area contributed by atoms with Crippen LogP contribution in [0.5, 0.6) is 5.75 Å². The van der Waals surface area contributed by atoms with E-state index in [-0.39, 0.29) is 36.2 Å². The van der Waals surface area contributed by atoms with E-state index in [1.54, 1.807) is 20.1 Å². The van der Waals surface area contributed by atoms with Crippen LogP contribution in [0.15, 0.2) is 42.5 Å². The van der Waals surface area contributed by atoms with Crippen LogP contribution < -0.4 is 4.74 Å². The Morgan fingerprint density at radius 3 is 2.34 bits per heavy atom. The molecule has 2 aliphatic heterocycles. The molecule has 2 saturated heterocycles. The Hall–Kier alpha value is -3.06. The van der Waals surface area contributed by atoms with Crippen molar-refractivity contribution in [1.29, 1.82) is 0 Å². The summed E-state index contributed by atoms with van der Waals surface area (Å²) in [6.45, 7) is 5.21. The Morgan fingerprint density at radius 1 is 1.12 bits per heavy atom. The molecule has 32 heavy (non-hydrogen) atoms. The van der Waals surface area contributed by atoms with Gasteiger partial charge >= 0.3 is 0 Å². The van der Waals surface area contributed by atoms with Crippen molar-refractivity contribution in [3.05, 3.63) is 64.2 Å². The number of ether oxygens (including phenoxy) is 1. The monoisotopic (exact) mass is 458 g/mol. The van der Waals surface area contributed by atoms with Crippen molar-refractivity contribution in [2.45, 2.75) is 19.9 Å². The van der Waals surface area contributed by atoms with Crippen molar-refractivity contribution in [2.24, 2.45) is 11.8 Å². The second kappa shape index (κ2) is 10.0. The van der Waals surface area contributed by atoms with Gasteiger partial charge in [-0.1, -0.05) is 35.9 Å². The number of fused-ring (bicyclic) bond motifs is 1. The zero-order chi connectivity index (χ0) is 23.4. The minimum absolute atomic E-state index is 0.0228. The van der Waals surface area contributed by atoms with Crippen LogP contribution in [-0.2, 0) is 9.59 Å². The summed E-state index contributed by atoms with van der Waals surface area (Å²) < 4.78 is 5.27. The van der Waals surface area contributed by atoms with Gasteiger partial charge in [0.25, 0.3) is 12.4 Å². The Bertz CT molecular complexity index is 974. The lowest BCUT2D eigenvalue weighted by Gasteiger charge is -2.29. The van der Waals surface area contributed by atoms with E-state index >= 15 is 0 Å². The molecule has 0 spiro atoms. The van der Waals surface area contributed by atoms with Gasteiger partial charge in [-0.3, -0.25) is 14.4 Å². The number of aryl methyl sites for hydroxylation is 1. The van der Waals surface area contributed by atoms with E-state index in [1.165, 1.54) is 0 Å². The molecule has 3 atom stereocenters. The lowest BCUT2D eigenvalue weighted by Crippen LogP contribution is -2.36. The van der Waals surface area contributed by atoms with E-state index in [2.05, 4.69) is 0 Å². The summed E-state index contributed by atoms with van der Waals surface area (Å²) in [5, 5.41) is 7.38. The van der Waals surface area contributed by atoms with Crippen molar-refractivity contribution < 1.29 is 24.2 Å². The van der Waals surface area contributed by atoms with Crippen LogP contribution in [0.4, 0.5) is 0 Å². The number of hydrogen-bond acceptors (Lipinski definition) is 4. The first kappa shape index (κ1) is 23.6. The van der Waals surface area contributed by atoms with Crippen LogP contribution in [-0.4, -0.2) is 59.9 Å². The molecule has 0 saturated carbocycles. The quantitative estimate of drug-likeness (QED) is 0.709. The van der Waals surface area contributed by atoms with Gasteiger partial charge in [-0.25, -0.2) is 0 Å². The number of halogens is 1. The van der Waals surface area contributed by atoms with Gasteiger partial charge in [-0.2, -0.15) is 0 Å². The topological polar surface area (TPSA) is 87.2 Å². The molecule has 0 bridgehead atoms. The van der Waals surface area contributed by atoms with Crippen LogP contribution >= 0.6 is 11.6 Å². The summed E-state index contributed by atoms with van der Waals surface area (Å²) in [7, 11) is 1.64. The van der Waals surface area contributed by atoms with Gasteiger partial charge in [0.2, 0.25) is 5.91 Å². The van der Waals surface area contributed by atoms with Crippen molar-refractivity contribution in [2.75, 3.05) is 26.7 Å². The highest BCUT2D eigenvalue weighted by atomic mass is 35.5. The SMILES string of the molecule is COc1ccc([C@H]2[C@@H]3CN(C(=O)c4c(C)cccc4Cl)C[C@@H]3CN2C(C)=O)cc1.O=CO. The maximum Gasteiger partial charge on any atom is 0.290 e. The van der Waals surface area contributed by atoms with Crippen LogP contribution in [0.1, 0.15) is 34.5 Å². The highest BCUT2D eigenvalue weighted by molar-refractivity contribution is 6.34. The smallest absolute Gasteiger partial charge is 0.290 e. The molecule has 2 heterocycles. The molecule has 170 valence electrons. The standard InChI is InChI=1S/C23H25ClN2O3.CH2O2/c1-14-5-4-6-20(24)21(14)23(28)25-11-17-12-26(15(2)27)22(19(17)13-25)16-7-9-18(29-3)10-8-16;2-1-3/h4-10,17,19,22H,11-13H2,1-3H3;1H,(H,2,3)/t17-,19-,22+;/m1./s1. The fourth-order valence-electron chi connectivity index (χ4n) is 4.82. The first-order valence-electron chi connectivity index (χ1n) is 10.4. The molecule has 2 aliphatic rings. The lowest BCUT2D eigenvalue weighted by molar-refractivity contribution is -0.130. The molecule has 2 fully saturated rings. The van der Waals surface area contributed by atoms with Crippen molar-refractivity contribution in [3.8, 4) is 5.75 Å². The van der Waals surface area contributed by atoms with Crippen molar-refractivity contribution in [3.63, 3.8) is 0 Å². The van der Waals surface area contributed by atoms with Crippen LogP contribution in [0.3, 0.4) is 0 Å². The van der Waals surface area contributed by atoms with E-state index in [0.717, 1.165) is 16.9 Å². The highest BCUT2D eigenvalue weighted by Gasteiger charge is 2.49. The fraction of sp³-hybridized carbons (Fsp3) is 0.375. The minimum Gasteiger partial charge on any atom is -0.497 e. The molecular formula is C24H27ClN2O5. The van der Waals surface area contributed by atoms with Gasteiger partial charge < -0.3 is 19.6 Å². The molecular weight excluding hydrogens is 432 g/mol. The number of benzene rings is 2. The van der Waals surface area contributed by atoms with Crippen LogP contribution in [0.2, 0.25) is 5.02 Å². The summed E-state index contributed by atoms with van der Waals surface area (Å²) in [5.41, 5.74) is 2.55. The molecule has 4 rings (SSSR count). The Kier molecular flexibility index (Phi) is 7.40. The second-order valence-corrected chi connectivity index (χ2v) is 8.47. The Labute approximate surface area is 192 Å². The van der Waals surface area contributed by atoms with E-state index in [0.29, 0.717) is 30.2 Å². The zero-order valence-electron chi connectivity index (χ0n) is 18.3. The first-order valence-corrected chi connectivity index (χ1v) is 10.7. The van der Waals surface area contributed by atoms with Crippen molar-refractivity contribution >= 4 is 29.9 Å². The van der Waals surface area contributed by atoms with Crippen LogP contribution in [0.25, 0.3) is 0 Å². The molecule has 8 heteroatoms. The van der Waals surface area contributed by atoms with Gasteiger partial charge in [0.05, 0.1) is 23.7 Å². The number of nitrogens with zero attached hydrogens (tertiary/aromatic N) is 2. The number of carbonyl (C=O) groups is 3. The average Bonchev–Trinajstić information content (AvgIpc) is 3.32. The Morgan fingerprint density at radius 2 is 1.78 bits per heavy atom. The number of amides is 2. The molecule has 1 N–H and O–H groups in total. The third kappa shape index (κ3) is 4.58. The third-order valence-electron chi connectivity index (χ3n) is 6.25. The average molecular weight is 459 g/mol. The first-order chi connectivity index (χ1) is 15.3. The second-order valence-electron chi connectivity index (χ2n) is 8.06. The van der Waals surface area contributed by atoms with E-state index in [4.69, 9.17) is 26.2 Å². The molecule has 0 aromatic heterocycles. The fourth-order valence-corrected chi connectivity index (χ4v) is 5.13. The molecule has 0 unspecified atom stereocenters. The van der Waals surface area contributed by atoms with E-state index in [9.17, 15) is 9.59 Å². The number of rotatable bonds is 3. The van der Waals surface area contributed by atoms with E-state index < -0.39 is 0 Å². The number of hydrogen-bond donors (Lipinski definition) is 1. The summed E-state index contributed by atoms with van der Waals surface area (Å²) >= 11 is 6.33. The van der Waals surface area contributed by atoms with Gasteiger partial charge in [0, 0.05) is 38.4 Å². The summed E-state index contributed by atoms with van der Waals surface area (Å²) in [4.78, 5) is 37.7. The predicted octanol–water partition coefficient (Wildman–Crippen LogP) is 3.65. The highest BCUT2D eigenvalue weighted by Crippen LogP contribution is 2.45. The van der Waals surface area contributed by atoms with Gasteiger partial charge in [-0.05, 0) is 36.2 Å². The summed E-state index contributed by atoms with van der Waals surface area (Å²) in [5.74, 6) is 1.30. The predicted molar refractivity (Wildman–Crippen MR) is 121 cm³/mol. The zero-order valence-corrected chi connectivity index (χ0v) is 19.1. The molecule has 2 aromatic rings. The maximum atomic E-state index is 13.2. The van der Waals surface area contributed by atoms with Gasteiger partial charge in [0.15, 0.2) is 0 Å². The molecule has 0 aliphatic carbocycles. The molecule has 2 amide bonds. The third-order valence-corrected chi connectivity index (χ3v) is 6.56. The summed E-state index contributed by atoms with van der Waals surface area (Å²) in [6.07, 6.45) is 0. The molecule has 2 aromatic carbocycles. The number of methoxy groups -OCH3 is 1. The normalized spacial score (nSPS) is 21.4. The largest absolute Gasteiger partial charge is 0.497 e.